The van der Waals surface area contributed by atoms with Gasteiger partial charge in [-0.25, -0.2) is 0 Å². The van der Waals surface area contributed by atoms with Crippen molar-refractivity contribution in [3.8, 4) is 0 Å². The fourth-order valence-corrected chi connectivity index (χ4v) is 8.06. The molecule has 0 N–H and O–H groups in total. The van der Waals surface area contributed by atoms with Crippen LogP contribution in [0.1, 0.15) is 77.0 Å². The van der Waals surface area contributed by atoms with Crippen molar-refractivity contribution in [2.24, 2.45) is 11.8 Å². The third-order valence-electron chi connectivity index (χ3n) is 6.28. The average molecular weight is 298 g/mol. The van der Waals surface area contributed by atoms with E-state index >= 15 is 0 Å². The molecule has 3 aliphatic rings. The van der Waals surface area contributed by atoms with Crippen molar-refractivity contribution in [2.75, 3.05) is 6.16 Å². The first-order chi connectivity index (χ1) is 9.29. The second kappa shape index (κ2) is 6.75. The smallest absolute Gasteiger partial charge is 0.00571 e. The van der Waals surface area contributed by atoms with Crippen LogP contribution in [0.4, 0.5) is 0 Å². The zero-order chi connectivity index (χ0) is 13.1. The molecule has 2 atom stereocenters. The summed E-state index contributed by atoms with van der Waals surface area (Å²) in [5.41, 5.74) is 1.11. The fourth-order valence-electron chi connectivity index (χ4n) is 5.00. The van der Waals surface area contributed by atoms with Crippen LogP contribution in [0, 0.1) is 11.8 Å². The molecule has 0 radical (unpaired) electrons. The first-order valence-electron chi connectivity index (χ1n) is 8.81. The van der Waals surface area contributed by atoms with E-state index in [1.807, 2.05) is 0 Å². The Bertz CT molecular complexity index is 255. The fraction of sp³-hybridized carbons (Fsp3) is 1.00. The van der Waals surface area contributed by atoms with Crippen molar-refractivity contribution < 1.29 is 0 Å². The van der Waals surface area contributed by atoms with Gasteiger partial charge >= 0.3 is 0 Å². The third kappa shape index (κ3) is 3.37. The molecule has 3 saturated carbocycles. The number of hydrogen-bond donors (Lipinski definition) is 0. The van der Waals surface area contributed by atoms with Crippen LogP contribution in [0.15, 0.2) is 0 Å². The Morgan fingerprint density at radius 2 is 1.16 bits per heavy atom. The lowest BCUT2D eigenvalue weighted by Crippen LogP contribution is -2.39. The van der Waals surface area contributed by atoms with Gasteiger partial charge in [0.25, 0.3) is 0 Å². The zero-order valence-corrected chi connectivity index (χ0v) is 14.7. The highest BCUT2D eigenvalue weighted by Gasteiger charge is 2.43. The first-order valence-corrected chi connectivity index (χ1v) is 10.7. The van der Waals surface area contributed by atoms with Crippen molar-refractivity contribution >= 4 is 17.8 Å². The van der Waals surface area contributed by atoms with Crippen LogP contribution < -0.4 is 0 Å². The second-order valence-corrected chi connectivity index (χ2v) is 10.1. The predicted octanol–water partition coefficient (Wildman–Crippen LogP) is 5.60. The Labute approximate surface area is 124 Å². The number of hydrogen-bond acceptors (Lipinski definition) is 0. The first kappa shape index (κ1) is 14.8. The van der Waals surface area contributed by atoms with Gasteiger partial charge in [-0.1, -0.05) is 38.5 Å². The normalized spacial score (nSPS) is 28.3. The summed E-state index contributed by atoms with van der Waals surface area (Å²) in [4.78, 5) is 0. The molecule has 0 heterocycles. The Morgan fingerprint density at radius 3 is 1.63 bits per heavy atom. The van der Waals surface area contributed by atoms with E-state index in [4.69, 9.17) is 0 Å². The van der Waals surface area contributed by atoms with Crippen LogP contribution in [0.3, 0.4) is 0 Å². The Kier molecular flexibility index (Phi) is 5.25. The zero-order valence-electron chi connectivity index (χ0n) is 12.5. The van der Waals surface area contributed by atoms with Crippen LogP contribution in [-0.2, 0) is 0 Å². The largest absolute Gasteiger partial charge is 0.130 e. The molecule has 110 valence electrons. The van der Waals surface area contributed by atoms with Gasteiger partial charge in [0.2, 0.25) is 0 Å². The lowest BCUT2D eigenvalue weighted by atomic mass is 9.79. The molecular weight excluding hydrogens is 266 g/mol. The molecule has 0 nitrogen and oxygen atoms in total. The minimum atomic E-state index is 0.647. The average Bonchev–Trinajstić information content (AvgIpc) is 3.18. The quantitative estimate of drug-likeness (QED) is 0.579. The van der Waals surface area contributed by atoms with E-state index in [9.17, 15) is 0 Å². The van der Waals surface area contributed by atoms with Crippen LogP contribution in [-0.4, -0.2) is 17.0 Å². The molecule has 3 rings (SSSR count). The molecule has 2 heteroatoms. The van der Waals surface area contributed by atoms with Crippen molar-refractivity contribution in [3.05, 3.63) is 0 Å². The van der Waals surface area contributed by atoms with Gasteiger partial charge in [0, 0.05) is 0 Å². The summed E-state index contributed by atoms with van der Waals surface area (Å²) in [6.07, 6.45) is 19.9. The summed E-state index contributed by atoms with van der Waals surface area (Å²) < 4.78 is 0. The molecule has 0 saturated heterocycles. The SMILES string of the molecule is PC(CPC1CCCC1)(C1CCCC1)C1CCCC1. The van der Waals surface area contributed by atoms with Crippen LogP contribution >= 0.6 is 17.8 Å². The standard InChI is InChI=1S/C17H32P2/c18-17(14-7-1-2-8-14,15-9-3-4-10-15)13-19-16-11-5-6-12-16/h14-16,19H,1-13,18H2. The van der Waals surface area contributed by atoms with E-state index in [-0.39, 0.29) is 0 Å². The maximum Gasteiger partial charge on any atom is -0.00571 e. The van der Waals surface area contributed by atoms with Crippen molar-refractivity contribution in [1.29, 1.82) is 0 Å². The molecular formula is C17H32P2. The van der Waals surface area contributed by atoms with Crippen LogP contribution in [0.2, 0.25) is 0 Å². The van der Waals surface area contributed by atoms with Gasteiger partial charge in [-0.2, -0.15) is 0 Å². The molecule has 19 heavy (non-hydrogen) atoms. The van der Waals surface area contributed by atoms with Gasteiger partial charge in [0.1, 0.15) is 0 Å². The highest BCUT2D eigenvalue weighted by Crippen LogP contribution is 2.53. The lowest BCUT2D eigenvalue weighted by Gasteiger charge is -2.42. The van der Waals surface area contributed by atoms with Crippen molar-refractivity contribution in [1.82, 2.24) is 0 Å². The maximum atomic E-state index is 3.44. The summed E-state index contributed by atoms with van der Waals surface area (Å²) >= 11 is 0. The molecule has 0 amide bonds. The van der Waals surface area contributed by atoms with E-state index in [1.165, 1.54) is 72.8 Å². The predicted molar refractivity (Wildman–Crippen MR) is 91.8 cm³/mol. The lowest BCUT2D eigenvalue weighted by molar-refractivity contribution is 0.297. The minimum absolute atomic E-state index is 0.647. The second-order valence-electron chi connectivity index (χ2n) is 7.44. The highest BCUT2D eigenvalue weighted by atomic mass is 31.1. The van der Waals surface area contributed by atoms with Crippen LogP contribution in [0.25, 0.3) is 0 Å². The van der Waals surface area contributed by atoms with Gasteiger partial charge in [-0.15, -0.1) is 17.8 Å². The third-order valence-corrected chi connectivity index (χ3v) is 9.81. The molecule has 0 aliphatic heterocycles. The van der Waals surface area contributed by atoms with Gasteiger partial charge in [0.15, 0.2) is 0 Å². The van der Waals surface area contributed by atoms with Crippen molar-refractivity contribution in [3.63, 3.8) is 0 Å². The van der Waals surface area contributed by atoms with E-state index in [0.29, 0.717) is 5.16 Å². The van der Waals surface area contributed by atoms with Gasteiger partial charge in [-0.3, -0.25) is 0 Å². The number of rotatable bonds is 5. The Morgan fingerprint density at radius 1 is 0.737 bits per heavy atom. The molecule has 3 fully saturated rings. The highest BCUT2D eigenvalue weighted by molar-refractivity contribution is 7.40. The molecule has 3 aliphatic carbocycles. The Hall–Kier alpha value is 0.860. The molecule has 0 spiro atoms. The summed E-state index contributed by atoms with van der Waals surface area (Å²) in [5.74, 6) is 2.10. The maximum absolute atomic E-state index is 3.44. The van der Waals surface area contributed by atoms with Crippen molar-refractivity contribution in [2.45, 2.75) is 87.9 Å². The minimum Gasteiger partial charge on any atom is -0.130 e. The van der Waals surface area contributed by atoms with Gasteiger partial charge in [0.05, 0.1) is 0 Å². The summed E-state index contributed by atoms with van der Waals surface area (Å²) in [5, 5.41) is 0.647. The van der Waals surface area contributed by atoms with Crippen LogP contribution in [0.5, 0.6) is 0 Å². The summed E-state index contributed by atoms with van der Waals surface area (Å²) in [7, 11) is 4.71. The Balaban J connectivity index is 1.63. The van der Waals surface area contributed by atoms with E-state index in [0.717, 1.165) is 17.5 Å². The molecule has 0 aromatic rings. The molecule has 2 unspecified atom stereocenters. The van der Waals surface area contributed by atoms with Gasteiger partial charge < -0.3 is 0 Å². The molecule has 0 bridgehead atoms. The topological polar surface area (TPSA) is 0 Å². The molecule has 0 aromatic carbocycles. The van der Waals surface area contributed by atoms with Gasteiger partial charge in [-0.05, 0) is 67.3 Å². The summed E-state index contributed by atoms with van der Waals surface area (Å²) in [6, 6.07) is 0. The monoisotopic (exact) mass is 298 g/mol. The summed E-state index contributed by atoms with van der Waals surface area (Å²) in [6.45, 7) is 0. The van der Waals surface area contributed by atoms with E-state index in [2.05, 4.69) is 9.24 Å². The van der Waals surface area contributed by atoms with E-state index < -0.39 is 0 Å². The van der Waals surface area contributed by atoms with E-state index in [1.54, 1.807) is 19.0 Å². The molecule has 0 aromatic heterocycles.